The van der Waals surface area contributed by atoms with Gasteiger partial charge in [-0.05, 0) is 106 Å². The molecule has 24 heavy (non-hydrogen) atoms. The summed E-state index contributed by atoms with van der Waals surface area (Å²) in [4.78, 5) is 12.3. The molecule has 9 atom stereocenters. The van der Waals surface area contributed by atoms with Crippen molar-refractivity contribution in [1.82, 2.24) is 0 Å². The summed E-state index contributed by atoms with van der Waals surface area (Å²) in [7, 11) is 0. The molecule has 0 amide bonds. The summed E-state index contributed by atoms with van der Waals surface area (Å²) in [6, 6.07) is 0. The van der Waals surface area contributed by atoms with Gasteiger partial charge in [-0.1, -0.05) is 13.8 Å². The van der Waals surface area contributed by atoms with Gasteiger partial charge in [0.2, 0.25) is 0 Å². The minimum absolute atomic E-state index is 0.263. The zero-order valence-corrected chi connectivity index (χ0v) is 16.1. The van der Waals surface area contributed by atoms with E-state index in [0.717, 1.165) is 42.4 Å². The van der Waals surface area contributed by atoms with Crippen LogP contribution < -0.4 is 0 Å². The van der Waals surface area contributed by atoms with E-state index in [0.29, 0.717) is 17.6 Å². The maximum absolute atomic E-state index is 12.3. The monoisotopic (exact) mass is 332 g/mol. The average molecular weight is 333 g/mol. The average Bonchev–Trinajstić information content (AvgIpc) is 2.76. The molecule has 0 saturated heterocycles. The summed E-state index contributed by atoms with van der Waals surface area (Å²) in [6.07, 6.45) is 9.77. The van der Waals surface area contributed by atoms with Gasteiger partial charge in [-0.2, -0.15) is 0 Å². The molecular formula is C22H36O2. The molecule has 0 aliphatic heterocycles. The van der Waals surface area contributed by atoms with Crippen molar-refractivity contribution in [3.8, 4) is 0 Å². The van der Waals surface area contributed by atoms with Gasteiger partial charge in [-0.3, -0.25) is 4.79 Å². The van der Waals surface area contributed by atoms with Gasteiger partial charge < -0.3 is 5.11 Å². The maximum atomic E-state index is 12.3. The molecule has 0 aromatic heterocycles. The van der Waals surface area contributed by atoms with E-state index < -0.39 is 5.60 Å². The van der Waals surface area contributed by atoms with Gasteiger partial charge in [0, 0.05) is 5.92 Å². The molecule has 0 aromatic carbocycles. The van der Waals surface area contributed by atoms with Gasteiger partial charge in [0.25, 0.3) is 0 Å². The fraction of sp³-hybridized carbons (Fsp3) is 0.955. The number of carbonyl (C=O) groups excluding carboxylic acids is 1. The summed E-state index contributed by atoms with van der Waals surface area (Å²) in [5.41, 5.74) is -0.155. The largest absolute Gasteiger partial charge is 0.390 e. The van der Waals surface area contributed by atoms with Crippen molar-refractivity contribution in [2.75, 3.05) is 0 Å². The van der Waals surface area contributed by atoms with Crippen LogP contribution in [-0.2, 0) is 4.79 Å². The van der Waals surface area contributed by atoms with Crippen molar-refractivity contribution >= 4 is 5.78 Å². The third-order valence-corrected chi connectivity index (χ3v) is 9.02. The van der Waals surface area contributed by atoms with Crippen molar-refractivity contribution in [3.05, 3.63) is 0 Å². The number of hydrogen-bond acceptors (Lipinski definition) is 2. The topological polar surface area (TPSA) is 37.3 Å². The first-order valence-electron chi connectivity index (χ1n) is 10.5. The van der Waals surface area contributed by atoms with Crippen molar-refractivity contribution in [1.29, 1.82) is 0 Å². The second-order valence-electron chi connectivity index (χ2n) is 10.5. The molecule has 136 valence electrons. The van der Waals surface area contributed by atoms with Crippen LogP contribution in [0.4, 0.5) is 0 Å². The van der Waals surface area contributed by atoms with Crippen LogP contribution in [0.2, 0.25) is 0 Å². The molecule has 1 unspecified atom stereocenters. The zero-order chi connectivity index (χ0) is 17.3. The molecule has 0 radical (unpaired) electrons. The lowest BCUT2D eigenvalue weighted by Gasteiger charge is -2.56. The van der Waals surface area contributed by atoms with Crippen LogP contribution in [0.15, 0.2) is 0 Å². The minimum atomic E-state index is -0.418. The highest BCUT2D eigenvalue weighted by Gasteiger charge is 2.60. The zero-order valence-electron chi connectivity index (χ0n) is 16.1. The molecule has 4 aliphatic rings. The van der Waals surface area contributed by atoms with Crippen LogP contribution in [0.1, 0.15) is 79.1 Å². The molecular weight excluding hydrogens is 296 g/mol. The van der Waals surface area contributed by atoms with Crippen LogP contribution in [-0.4, -0.2) is 16.5 Å². The Hall–Kier alpha value is -0.370. The fourth-order valence-electron chi connectivity index (χ4n) is 8.31. The Morgan fingerprint density at radius 1 is 1.00 bits per heavy atom. The van der Waals surface area contributed by atoms with Gasteiger partial charge >= 0.3 is 0 Å². The fourth-order valence-corrected chi connectivity index (χ4v) is 8.31. The lowest BCUT2D eigenvalue weighted by atomic mass is 9.49. The minimum Gasteiger partial charge on any atom is -0.390 e. The highest BCUT2D eigenvalue weighted by Crippen LogP contribution is 2.65. The SMILES string of the molecule is CC(=O)C1[C@H](C)C[C@H]2[C@@H]3CC[C@@H]4C[C@](C)(O)CC[C@@H]4[C@H]3CC[C@]12C. The van der Waals surface area contributed by atoms with Gasteiger partial charge in [-0.25, -0.2) is 0 Å². The quantitative estimate of drug-likeness (QED) is 0.746. The van der Waals surface area contributed by atoms with E-state index in [9.17, 15) is 9.90 Å². The summed E-state index contributed by atoms with van der Waals surface area (Å²) >= 11 is 0. The van der Waals surface area contributed by atoms with E-state index in [-0.39, 0.29) is 5.41 Å². The number of aliphatic hydroxyl groups is 1. The number of carbonyl (C=O) groups is 1. The van der Waals surface area contributed by atoms with Crippen molar-refractivity contribution in [2.24, 2.45) is 46.8 Å². The Labute approximate surface area is 147 Å². The highest BCUT2D eigenvalue weighted by atomic mass is 16.3. The number of ketones is 1. The van der Waals surface area contributed by atoms with Crippen LogP contribution >= 0.6 is 0 Å². The third kappa shape index (κ3) is 2.42. The molecule has 0 bridgehead atoms. The molecule has 0 aromatic rings. The van der Waals surface area contributed by atoms with Crippen LogP contribution in [0.5, 0.6) is 0 Å². The summed E-state index contributed by atoms with van der Waals surface area (Å²) < 4.78 is 0. The van der Waals surface area contributed by atoms with Gasteiger partial charge in [0.15, 0.2) is 0 Å². The van der Waals surface area contributed by atoms with E-state index in [1.807, 2.05) is 13.8 Å². The van der Waals surface area contributed by atoms with Crippen molar-refractivity contribution in [2.45, 2.75) is 84.7 Å². The predicted molar refractivity (Wildman–Crippen MR) is 96.5 cm³/mol. The van der Waals surface area contributed by atoms with Crippen molar-refractivity contribution < 1.29 is 9.90 Å². The summed E-state index contributed by atoms with van der Waals surface area (Å²) in [5, 5.41) is 10.5. The van der Waals surface area contributed by atoms with E-state index in [1.54, 1.807) is 0 Å². The van der Waals surface area contributed by atoms with Crippen LogP contribution in [0, 0.1) is 46.8 Å². The predicted octanol–water partition coefficient (Wildman–Crippen LogP) is 4.84. The third-order valence-electron chi connectivity index (χ3n) is 9.02. The van der Waals surface area contributed by atoms with E-state index in [2.05, 4.69) is 13.8 Å². The second-order valence-corrected chi connectivity index (χ2v) is 10.5. The number of hydrogen-bond donors (Lipinski definition) is 1. The Balaban J connectivity index is 1.58. The Kier molecular flexibility index (Phi) is 3.95. The van der Waals surface area contributed by atoms with Crippen molar-refractivity contribution in [3.63, 3.8) is 0 Å². The normalized spacial score (nSPS) is 57.0. The van der Waals surface area contributed by atoms with Gasteiger partial charge in [0.05, 0.1) is 5.60 Å². The second kappa shape index (κ2) is 5.56. The molecule has 2 nitrogen and oxygen atoms in total. The highest BCUT2D eigenvalue weighted by molar-refractivity contribution is 5.80. The van der Waals surface area contributed by atoms with Gasteiger partial charge in [-0.15, -0.1) is 0 Å². The maximum Gasteiger partial charge on any atom is 0.133 e. The first-order chi connectivity index (χ1) is 11.2. The first-order valence-corrected chi connectivity index (χ1v) is 10.5. The molecule has 4 aliphatic carbocycles. The molecule has 4 saturated carbocycles. The number of Topliss-reactive ketones (excluding diaryl/α,β-unsaturated/α-hetero) is 1. The molecule has 2 heteroatoms. The lowest BCUT2D eigenvalue weighted by molar-refractivity contribution is -0.131. The first kappa shape index (κ1) is 17.1. The summed E-state index contributed by atoms with van der Waals surface area (Å²) in [5.74, 6) is 5.39. The molecule has 0 spiro atoms. The van der Waals surface area contributed by atoms with Gasteiger partial charge in [0.1, 0.15) is 5.78 Å². The molecule has 1 N–H and O–H groups in total. The Bertz CT molecular complexity index is 524. The standard InChI is InChI=1S/C22H36O2/c1-13-11-19-18-6-5-15-12-21(3,24)9-7-16(15)17(18)8-10-22(19,4)20(13)14(2)23/h13,15-20,24H,5-12H2,1-4H3/t13-,15-,16+,17-,18-,19+,20?,21-,22+/m1/s1. The molecule has 4 rings (SSSR count). The Morgan fingerprint density at radius 2 is 1.71 bits per heavy atom. The lowest BCUT2D eigenvalue weighted by Crippen LogP contribution is -2.51. The van der Waals surface area contributed by atoms with Crippen LogP contribution in [0.3, 0.4) is 0 Å². The number of rotatable bonds is 1. The van der Waals surface area contributed by atoms with E-state index in [4.69, 9.17) is 0 Å². The Morgan fingerprint density at radius 3 is 2.42 bits per heavy atom. The van der Waals surface area contributed by atoms with E-state index in [1.165, 1.54) is 38.5 Å². The molecule has 0 heterocycles. The number of fused-ring (bicyclic) bond motifs is 5. The van der Waals surface area contributed by atoms with E-state index >= 15 is 0 Å². The van der Waals surface area contributed by atoms with Crippen LogP contribution in [0.25, 0.3) is 0 Å². The summed E-state index contributed by atoms with van der Waals surface area (Å²) in [6.45, 7) is 8.65. The molecule has 4 fully saturated rings. The smallest absolute Gasteiger partial charge is 0.133 e.